The van der Waals surface area contributed by atoms with Gasteiger partial charge in [-0.3, -0.25) is 9.69 Å². The van der Waals surface area contributed by atoms with Crippen LogP contribution >= 0.6 is 0 Å². The number of likely N-dealkylation sites (tertiary alicyclic amines) is 1. The van der Waals surface area contributed by atoms with E-state index < -0.39 is 0 Å². The number of carbonyl (C=O) groups is 1. The van der Waals surface area contributed by atoms with Crippen molar-refractivity contribution < 1.29 is 9.53 Å². The number of aromatic nitrogens is 4. The summed E-state index contributed by atoms with van der Waals surface area (Å²) in [6.07, 6.45) is 3.56. The Bertz CT molecular complexity index is 1940. The number of aryl methyl sites for hydroxylation is 1. The van der Waals surface area contributed by atoms with Crippen LogP contribution in [0.4, 0.5) is 5.69 Å². The van der Waals surface area contributed by atoms with E-state index in [-0.39, 0.29) is 11.8 Å². The monoisotopic (exact) mass is 582 g/mol. The van der Waals surface area contributed by atoms with Gasteiger partial charge in [-0.25, -0.2) is 9.97 Å². The molecule has 1 aliphatic heterocycles. The van der Waals surface area contributed by atoms with E-state index in [1.54, 1.807) is 7.11 Å². The second kappa shape index (κ2) is 11.9. The molecule has 0 bridgehead atoms. The number of carbonyl (C=O) groups excluding carboxylic acids is 1. The molecule has 8 nitrogen and oxygen atoms in total. The number of hydrogen-bond acceptors (Lipinski definition) is 6. The number of hydrogen-bond donors (Lipinski definition) is 1. The van der Waals surface area contributed by atoms with E-state index in [2.05, 4.69) is 74.9 Å². The van der Waals surface area contributed by atoms with Crippen LogP contribution in [0.5, 0.6) is 5.75 Å². The minimum Gasteiger partial charge on any atom is -0.497 e. The zero-order chi connectivity index (χ0) is 30.0. The standard InChI is InChI=1S/C36H34N6O2/c1-24-19-33-37-22-29-20-32(26-7-4-3-5-8-26)34(39-35(29)42(33)40-24)27-13-11-25(12-14-27)23-41-17-15-28(16-18-41)36(43)38-30-9-6-10-31(21-30)44-2/h3-14,19-22,28H,15-18,23H2,1-2H3,(H,38,43). The van der Waals surface area contributed by atoms with Gasteiger partial charge in [0.1, 0.15) is 5.75 Å². The second-order valence-corrected chi connectivity index (χ2v) is 11.4. The second-order valence-electron chi connectivity index (χ2n) is 11.4. The summed E-state index contributed by atoms with van der Waals surface area (Å²) in [7, 11) is 1.63. The zero-order valence-corrected chi connectivity index (χ0v) is 24.9. The minimum atomic E-state index is 0.00968. The Morgan fingerprint density at radius 2 is 1.73 bits per heavy atom. The first-order chi connectivity index (χ1) is 21.5. The summed E-state index contributed by atoms with van der Waals surface area (Å²) >= 11 is 0. The molecule has 3 aromatic heterocycles. The third-order valence-electron chi connectivity index (χ3n) is 8.39. The molecule has 220 valence electrons. The van der Waals surface area contributed by atoms with E-state index in [9.17, 15) is 4.79 Å². The molecule has 0 radical (unpaired) electrons. The molecule has 1 amide bonds. The summed E-state index contributed by atoms with van der Waals surface area (Å²) < 4.78 is 7.11. The molecule has 0 aliphatic carbocycles. The number of nitrogens with zero attached hydrogens (tertiary/aromatic N) is 5. The maximum Gasteiger partial charge on any atom is 0.227 e. The number of anilines is 1. The summed E-state index contributed by atoms with van der Waals surface area (Å²) in [5.74, 6) is 0.826. The predicted molar refractivity (Wildman–Crippen MR) is 174 cm³/mol. The van der Waals surface area contributed by atoms with Crippen LogP contribution in [0.2, 0.25) is 0 Å². The summed E-state index contributed by atoms with van der Waals surface area (Å²) in [5, 5.41) is 8.66. The molecule has 1 saturated heterocycles. The summed E-state index contributed by atoms with van der Waals surface area (Å²) in [6.45, 7) is 4.59. The van der Waals surface area contributed by atoms with Gasteiger partial charge >= 0.3 is 0 Å². The number of nitrogens with one attached hydrogen (secondary N) is 1. The van der Waals surface area contributed by atoms with E-state index in [0.29, 0.717) is 0 Å². The molecule has 3 aromatic carbocycles. The Labute approximate surface area is 256 Å². The van der Waals surface area contributed by atoms with Crippen molar-refractivity contribution in [3.05, 3.63) is 108 Å². The fourth-order valence-corrected chi connectivity index (χ4v) is 6.04. The van der Waals surface area contributed by atoms with Gasteiger partial charge in [-0.15, -0.1) is 0 Å². The van der Waals surface area contributed by atoms with Crippen LogP contribution in [0.1, 0.15) is 24.1 Å². The average molecular weight is 583 g/mol. The highest BCUT2D eigenvalue weighted by atomic mass is 16.5. The molecule has 1 fully saturated rings. The van der Waals surface area contributed by atoms with Gasteiger partial charge in [-0.2, -0.15) is 9.61 Å². The molecule has 0 saturated carbocycles. The quantitative estimate of drug-likeness (QED) is 0.223. The highest BCUT2D eigenvalue weighted by molar-refractivity contribution is 5.93. The number of piperidine rings is 1. The Morgan fingerprint density at radius 1 is 0.932 bits per heavy atom. The molecule has 0 spiro atoms. The largest absolute Gasteiger partial charge is 0.497 e. The molecule has 8 heteroatoms. The molecular weight excluding hydrogens is 548 g/mol. The molecule has 1 N–H and O–H groups in total. The summed E-state index contributed by atoms with van der Waals surface area (Å²) in [6, 6.07) is 30.7. The highest BCUT2D eigenvalue weighted by Crippen LogP contribution is 2.34. The molecule has 0 unspecified atom stereocenters. The van der Waals surface area contributed by atoms with Crippen molar-refractivity contribution in [2.45, 2.75) is 26.3 Å². The van der Waals surface area contributed by atoms with E-state index in [0.717, 1.165) is 88.7 Å². The van der Waals surface area contributed by atoms with Crippen molar-refractivity contribution in [2.75, 3.05) is 25.5 Å². The fraction of sp³-hybridized carbons (Fsp3) is 0.222. The van der Waals surface area contributed by atoms with Crippen LogP contribution in [-0.4, -0.2) is 50.6 Å². The maximum absolute atomic E-state index is 12.9. The number of benzene rings is 3. The first kappa shape index (κ1) is 27.7. The van der Waals surface area contributed by atoms with E-state index in [4.69, 9.17) is 9.72 Å². The first-order valence-electron chi connectivity index (χ1n) is 15.0. The molecule has 0 atom stereocenters. The number of fused-ring (bicyclic) bond motifs is 3. The SMILES string of the molecule is COc1cccc(NC(=O)C2CCN(Cc3ccc(-c4nc5c(cnc6cc(C)nn65)cc4-c4ccccc4)cc3)CC2)c1. The van der Waals surface area contributed by atoms with Gasteiger partial charge in [-0.05, 0) is 62.2 Å². The van der Waals surface area contributed by atoms with Crippen molar-refractivity contribution >= 4 is 28.3 Å². The Kier molecular flexibility index (Phi) is 7.50. The normalized spacial score (nSPS) is 14.2. The fourth-order valence-electron chi connectivity index (χ4n) is 6.04. The minimum absolute atomic E-state index is 0.00968. The summed E-state index contributed by atoms with van der Waals surface area (Å²) in [4.78, 5) is 25.1. The number of ether oxygens (including phenoxy) is 1. The third-order valence-corrected chi connectivity index (χ3v) is 8.39. The van der Waals surface area contributed by atoms with Crippen LogP contribution in [0.3, 0.4) is 0 Å². The van der Waals surface area contributed by atoms with Crippen molar-refractivity contribution in [3.63, 3.8) is 0 Å². The van der Waals surface area contributed by atoms with Gasteiger partial charge in [0.2, 0.25) is 5.91 Å². The molecule has 44 heavy (non-hydrogen) atoms. The van der Waals surface area contributed by atoms with E-state index in [1.807, 2.05) is 54.0 Å². The van der Waals surface area contributed by atoms with Gasteiger partial charge in [0.05, 0.1) is 18.5 Å². The highest BCUT2D eigenvalue weighted by Gasteiger charge is 2.25. The lowest BCUT2D eigenvalue weighted by Gasteiger charge is -2.31. The van der Waals surface area contributed by atoms with Crippen LogP contribution in [0, 0.1) is 12.8 Å². The van der Waals surface area contributed by atoms with E-state index in [1.165, 1.54) is 5.56 Å². The molecule has 1 aliphatic rings. The number of pyridine rings is 1. The van der Waals surface area contributed by atoms with Crippen molar-refractivity contribution in [1.82, 2.24) is 24.5 Å². The first-order valence-corrected chi connectivity index (χ1v) is 15.0. The zero-order valence-electron chi connectivity index (χ0n) is 24.9. The molecule has 6 aromatic rings. The lowest BCUT2D eigenvalue weighted by Crippen LogP contribution is -2.37. The summed E-state index contributed by atoms with van der Waals surface area (Å²) in [5.41, 5.74) is 8.64. The number of amides is 1. The molecule has 7 rings (SSSR count). The maximum atomic E-state index is 12.9. The van der Waals surface area contributed by atoms with Crippen LogP contribution in [0.25, 0.3) is 39.1 Å². The van der Waals surface area contributed by atoms with Crippen LogP contribution in [0.15, 0.2) is 97.2 Å². The van der Waals surface area contributed by atoms with Gasteiger partial charge in [0.25, 0.3) is 0 Å². The topological polar surface area (TPSA) is 84.6 Å². The van der Waals surface area contributed by atoms with Crippen molar-refractivity contribution in [1.29, 1.82) is 0 Å². The van der Waals surface area contributed by atoms with E-state index >= 15 is 0 Å². The number of rotatable bonds is 7. The van der Waals surface area contributed by atoms with Crippen LogP contribution < -0.4 is 10.1 Å². The van der Waals surface area contributed by atoms with Gasteiger partial charge in [-0.1, -0.05) is 60.7 Å². The Hall–Kier alpha value is -5.08. The lowest BCUT2D eigenvalue weighted by molar-refractivity contribution is -0.121. The van der Waals surface area contributed by atoms with Gasteiger partial charge in [0.15, 0.2) is 11.3 Å². The predicted octanol–water partition coefficient (Wildman–Crippen LogP) is 6.78. The molecular formula is C36H34N6O2. The molecule has 4 heterocycles. The Morgan fingerprint density at radius 3 is 2.50 bits per heavy atom. The smallest absolute Gasteiger partial charge is 0.227 e. The van der Waals surface area contributed by atoms with Crippen molar-refractivity contribution in [2.24, 2.45) is 5.92 Å². The number of methoxy groups -OCH3 is 1. The average Bonchev–Trinajstić information content (AvgIpc) is 3.46. The van der Waals surface area contributed by atoms with Crippen molar-refractivity contribution in [3.8, 4) is 28.1 Å². The third kappa shape index (κ3) is 5.64. The Balaban J connectivity index is 1.08. The van der Waals surface area contributed by atoms with Gasteiger partial charge < -0.3 is 10.1 Å². The van der Waals surface area contributed by atoms with Crippen LogP contribution in [-0.2, 0) is 11.3 Å². The lowest BCUT2D eigenvalue weighted by atomic mass is 9.95. The van der Waals surface area contributed by atoms with Gasteiger partial charge in [0, 0.05) is 53.0 Å².